The van der Waals surface area contributed by atoms with Gasteiger partial charge in [-0.2, -0.15) is 4.98 Å². The SMILES string of the molecule is OCCCN1CCN(c2ccnc(N3CCCCC3)n2)CC1. The highest BCUT2D eigenvalue weighted by Crippen LogP contribution is 2.19. The summed E-state index contributed by atoms with van der Waals surface area (Å²) < 4.78 is 0. The summed E-state index contributed by atoms with van der Waals surface area (Å²) in [6, 6.07) is 2.02. The number of aliphatic hydroxyl groups is 1. The molecule has 0 unspecified atom stereocenters. The number of hydrogen-bond donors (Lipinski definition) is 1. The lowest BCUT2D eigenvalue weighted by Gasteiger charge is -2.35. The number of hydrogen-bond acceptors (Lipinski definition) is 6. The number of piperazine rings is 1. The minimum atomic E-state index is 0.283. The van der Waals surface area contributed by atoms with Crippen molar-refractivity contribution in [3.05, 3.63) is 12.3 Å². The largest absolute Gasteiger partial charge is 0.396 e. The summed E-state index contributed by atoms with van der Waals surface area (Å²) in [6.45, 7) is 7.53. The van der Waals surface area contributed by atoms with Gasteiger partial charge in [0.25, 0.3) is 0 Å². The number of anilines is 2. The summed E-state index contributed by atoms with van der Waals surface area (Å²) in [5.74, 6) is 1.94. The van der Waals surface area contributed by atoms with Crippen LogP contribution in [0.1, 0.15) is 25.7 Å². The average molecular weight is 305 g/mol. The summed E-state index contributed by atoms with van der Waals surface area (Å²) >= 11 is 0. The van der Waals surface area contributed by atoms with E-state index < -0.39 is 0 Å². The van der Waals surface area contributed by atoms with E-state index in [9.17, 15) is 0 Å². The van der Waals surface area contributed by atoms with Gasteiger partial charge in [-0.1, -0.05) is 0 Å². The van der Waals surface area contributed by atoms with Crippen LogP contribution in [-0.2, 0) is 0 Å². The number of rotatable bonds is 5. The first-order chi connectivity index (χ1) is 10.9. The van der Waals surface area contributed by atoms with Gasteiger partial charge in [0, 0.05) is 58.6 Å². The third-order valence-corrected chi connectivity index (χ3v) is 4.60. The summed E-state index contributed by atoms with van der Waals surface area (Å²) in [4.78, 5) is 16.3. The standard InChI is InChI=1S/C16H27N5O/c22-14-4-7-19-10-12-20(13-11-19)15-5-6-17-16(18-15)21-8-2-1-3-9-21/h5-6,22H,1-4,7-14H2. The summed E-state index contributed by atoms with van der Waals surface area (Å²) in [5, 5.41) is 8.92. The topological polar surface area (TPSA) is 55.7 Å². The molecule has 3 rings (SSSR count). The molecule has 0 radical (unpaired) electrons. The molecule has 1 N–H and O–H groups in total. The van der Waals surface area contributed by atoms with E-state index in [1.807, 2.05) is 12.3 Å². The number of nitrogens with zero attached hydrogens (tertiary/aromatic N) is 5. The molecule has 0 aliphatic carbocycles. The van der Waals surface area contributed by atoms with Crippen molar-refractivity contribution in [2.24, 2.45) is 0 Å². The lowest BCUT2D eigenvalue weighted by atomic mass is 10.1. The minimum absolute atomic E-state index is 0.283. The Morgan fingerprint density at radius 3 is 2.45 bits per heavy atom. The van der Waals surface area contributed by atoms with Crippen molar-refractivity contribution < 1.29 is 5.11 Å². The molecule has 0 atom stereocenters. The predicted molar refractivity (Wildman–Crippen MR) is 88.5 cm³/mol. The van der Waals surface area contributed by atoms with Crippen molar-refractivity contribution in [1.82, 2.24) is 14.9 Å². The Morgan fingerprint density at radius 1 is 0.955 bits per heavy atom. The van der Waals surface area contributed by atoms with Gasteiger partial charge >= 0.3 is 0 Å². The Kier molecular flexibility index (Phi) is 5.45. The van der Waals surface area contributed by atoms with Crippen molar-refractivity contribution in [3.63, 3.8) is 0 Å². The maximum atomic E-state index is 8.92. The monoisotopic (exact) mass is 305 g/mol. The van der Waals surface area contributed by atoms with Crippen LogP contribution in [0.2, 0.25) is 0 Å². The van der Waals surface area contributed by atoms with Gasteiger partial charge < -0.3 is 14.9 Å². The van der Waals surface area contributed by atoms with E-state index >= 15 is 0 Å². The minimum Gasteiger partial charge on any atom is -0.396 e. The molecule has 0 bridgehead atoms. The van der Waals surface area contributed by atoms with Crippen LogP contribution in [0.3, 0.4) is 0 Å². The molecule has 0 spiro atoms. The van der Waals surface area contributed by atoms with Crippen molar-refractivity contribution in [3.8, 4) is 0 Å². The van der Waals surface area contributed by atoms with Crippen molar-refractivity contribution in [1.29, 1.82) is 0 Å². The molecule has 1 aromatic rings. The lowest BCUT2D eigenvalue weighted by molar-refractivity contribution is 0.215. The van der Waals surface area contributed by atoms with E-state index in [0.717, 1.165) is 64.0 Å². The Bertz CT molecular complexity index is 456. The van der Waals surface area contributed by atoms with E-state index in [4.69, 9.17) is 10.1 Å². The van der Waals surface area contributed by atoms with Crippen LogP contribution >= 0.6 is 0 Å². The highest BCUT2D eigenvalue weighted by atomic mass is 16.3. The second kappa shape index (κ2) is 7.74. The van der Waals surface area contributed by atoms with Crippen molar-refractivity contribution in [2.45, 2.75) is 25.7 Å². The molecule has 3 heterocycles. The van der Waals surface area contributed by atoms with Crippen LogP contribution in [0.4, 0.5) is 11.8 Å². The second-order valence-electron chi connectivity index (χ2n) is 6.17. The van der Waals surface area contributed by atoms with Gasteiger partial charge in [0.05, 0.1) is 0 Å². The molecule has 2 saturated heterocycles. The van der Waals surface area contributed by atoms with Gasteiger partial charge in [0.2, 0.25) is 5.95 Å². The quantitative estimate of drug-likeness (QED) is 0.875. The summed E-state index contributed by atoms with van der Waals surface area (Å²) in [5.41, 5.74) is 0. The van der Waals surface area contributed by atoms with E-state index in [1.54, 1.807) is 0 Å². The van der Waals surface area contributed by atoms with Gasteiger partial charge in [-0.25, -0.2) is 4.98 Å². The molecule has 2 aliphatic heterocycles. The molecular weight excluding hydrogens is 278 g/mol. The fourth-order valence-corrected chi connectivity index (χ4v) is 3.26. The maximum absolute atomic E-state index is 8.92. The Labute approximate surface area is 132 Å². The van der Waals surface area contributed by atoms with Gasteiger partial charge in [0.1, 0.15) is 5.82 Å². The smallest absolute Gasteiger partial charge is 0.227 e. The summed E-state index contributed by atoms with van der Waals surface area (Å²) in [6.07, 6.45) is 6.58. The molecule has 0 saturated carbocycles. The van der Waals surface area contributed by atoms with Crippen LogP contribution in [0, 0.1) is 0 Å². The molecule has 22 heavy (non-hydrogen) atoms. The zero-order valence-corrected chi connectivity index (χ0v) is 13.3. The molecule has 122 valence electrons. The maximum Gasteiger partial charge on any atom is 0.227 e. The predicted octanol–water partition coefficient (Wildman–Crippen LogP) is 0.971. The molecule has 1 aromatic heterocycles. The van der Waals surface area contributed by atoms with Crippen LogP contribution < -0.4 is 9.80 Å². The fourth-order valence-electron chi connectivity index (χ4n) is 3.26. The molecule has 0 amide bonds. The van der Waals surface area contributed by atoms with Gasteiger partial charge in [-0.05, 0) is 31.7 Å². The highest BCUT2D eigenvalue weighted by Gasteiger charge is 2.19. The van der Waals surface area contributed by atoms with E-state index in [2.05, 4.69) is 19.7 Å². The fraction of sp³-hybridized carbons (Fsp3) is 0.750. The third kappa shape index (κ3) is 3.87. The first kappa shape index (κ1) is 15.5. The number of piperidine rings is 1. The van der Waals surface area contributed by atoms with Crippen LogP contribution in [0.5, 0.6) is 0 Å². The lowest BCUT2D eigenvalue weighted by Crippen LogP contribution is -2.47. The number of aromatic nitrogens is 2. The molecule has 2 aliphatic rings. The van der Waals surface area contributed by atoms with Gasteiger partial charge in [-0.3, -0.25) is 4.90 Å². The van der Waals surface area contributed by atoms with Crippen LogP contribution in [-0.4, -0.2) is 72.4 Å². The molecule has 0 aromatic carbocycles. The zero-order valence-electron chi connectivity index (χ0n) is 13.3. The zero-order chi connectivity index (χ0) is 15.2. The first-order valence-corrected chi connectivity index (χ1v) is 8.53. The van der Waals surface area contributed by atoms with Crippen LogP contribution in [0.25, 0.3) is 0 Å². The highest BCUT2D eigenvalue weighted by molar-refractivity contribution is 5.44. The molecular formula is C16H27N5O. The van der Waals surface area contributed by atoms with Crippen molar-refractivity contribution in [2.75, 3.05) is 62.2 Å². The van der Waals surface area contributed by atoms with Crippen LogP contribution in [0.15, 0.2) is 12.3 Å². The number of aliphatic hydroxyl groups excluding tert-OH is 1. The summed E-state index contributed by atoms with van der Waals surface area (Å²) in [7, 11) is 0. The average Bonchev–Trinajstić information content (AvgIpc) is 2.61. The molecule has 6 heteroatoms. The third-order valence-electron chi connectivity index (χ3n) is 4.60. The Balaban J connectivity index is 1.58. The van der Waals surface area contributed by atoms with Crippen molar-refractivity contribution >= 4 is 11.8 Å². The Hall–Kier alpha value is -1.40. The van der Waals surface area contributed by atoms with E-state index in [1.165, 1.54) is 19.3 Å². The second-order valence-corrected chi connectivity index (χ2v) is 6.17. The van der Waals surface area contributed by atoms with E-state index in [-0.39, 0.29) is 6.61 Å². The van der Waals surface area contributed by atoms with Gasteiger partial charge in [0.15, 0.2) is 0 Å². The van der Waals surface area contributed by atoms with E-state index in [0.29, 0.717) is 0 Å². The van der Waals surface area contributed by atoms with Gasteiger partial charge in [-0.15, -0.1) is 0 Å². The molecule has 6 nitrogen and oxygen atoms in total. The normalized spacial score (nSPS) is 20.4. The molecule has 2 fully saturated rings. The Morgan fingerprint density at radius 2 is 1.73 bits per heavy atom. The first-order valence-electron chi connectivity index (χ1n) is 8.53.